The Bertz CT molecular complexity index is 2610. The number of Topliss-reactive ketones (excluding diaryl/α,β-unsaturated/α-hetero) is 3. The number of likely N-dealkylation sites (N-methyl/N-ethyl adjacent to an activating group) is 1. The molecule has 0 radical (unpaired) electrons. The number of ketones is 3. The van der Waals surface area contributed by atoms with Crippen LogP contribution in [0.5, 0.6) is 5.75 Å². The minimum absolute atomic E-state index is 0.00400. The van der Waals surface area contributed by atoms with Gasteiger partial charge >= 0.3 is 5.97 Å². The monoisotopic (exact) mass is 1260 g/mol. The predicted octanol–water partition coefficient (Wildman–Crippen LogP) is 7.53. The van der Waals surface area contributed by atoms with Crippen LogP contribution in [-0.4, -0.2) is 186 Å². The molecule has 1 aliphatic heterocycles. The molecule has 2 aromatic rings. The Morgan fingerprint density at radius 3 is 2.11 bits per heavy atom. The maximum atomic E-state index is 14.4. The van der Waals surface area contributed by atoms with Crippen LogP contribution in [0.4, 0.5) is 5.69 Å². The molecule has 8 atom stereocenters. The van der Waals surface area contributed by atoms with E-state index in [0.717, 1.165) is 0 Å². The second kappa shape index (κ2) is 38.0. The van der Waals surface area contributed by atoms with Crippen molar-refractivity contribution in [3.05, 3.63) is 39.8 Å². The summed E-state index contributed by atoms with van der Waals surface area (Å²) in [6.07, 6.45) is 5.20. The minimum Gasteiger partial charge on any atom is -0.506 e. The smallest absolute Gasteiger partial charge is 0.303 e. The average molecular weight is 1260 g/mol. The lowest BCUT2D eigenvalue weighted by molar-refractivity contribution is -0.150. The molecule has 2 heterocycles. The standard InChI is InChI=1S/C63H99N7O15S2/c1-15-19-45(65-59(79)49-38-87-60(67-49)53(85-43(8)71)36-50(39(3)4)69(13)61(80)47(40(5)16-2)35-55(75)63(9,10)68(11)12)33-44-22-23-51(73)48(34-44)66-58(78)41(6)32-52(74)42(7)64-56(76)24-27-83-29-31-84-30-28-82-26-18-21-46(72)20-17-25-70-57(77)37-54(86-14)62(70)81/h22-23,34,38-42,45,47,50,53-54,73H,15-21,24-33,35-37H2,1-14H3,(H,64,76)(H,65,79)(H,66,78)/t40-,41+,42-,45+,47-,50+,53+,54?/m0/s1. The Balaban J connectivity index is 1.45. The number of nitrogens with one attached hydrogen (secondary N) is 3. The number of aromatic hydroxyl groups is 1. The van der Waals surface area contributed by atoms with Crippen LogP contribution in [0.1, 0.15) is 173 Å². The van der Waals surface area contributed by atoms with E-state index in [9.17, 15) is 53.1 Å². The topological polar surface area (TPSA) is 287 Å². The number of thiazole rings is 1. The number of carbonyl (C=O) groups excluding carboxylic acids is 10. The molecule has 0 spiro atoms. The van der Waals surface area contributed by atoms with Gasteiger partial charge in [-0.15, -0.1) is 11.3 Å². The summed E-state index contributed by atoms with van der Waals surface area (Å²) in [6.45, 7) is 19.9. The predicted molar refractivity (Wildman–Crippen MR) is 335 cm³/mol. The number of nitrogens with zero attached hydrogens (tertiary/aromatic N) is 4. The van der Waals surface area contributed by atoms with Crippen LogP contribution in [0.2, 0.25) is 0 Å². The van der Waals surface area contributed by atoms with E-state index in [0.29, 0.717) is 81.8 Å². The number of hydrogen-bond acceptors (Lipinski definition) is 19. The molecule has 1 saturated heterocycles. The fourth-order valence-corrected chi connectivity index (χ4v) is 11.3. The molecule has 1 aromatic heterocycles. The van der Waals surface area contributed by atoms with Crippen molar-refractivity contribution in [3.63, 3.8) is 0 Å². The van der Waals surface area contributed by atoms with Crippen LogP contribution >= 0.6 is 23.1 Å². The third kappa shape index (κ3) is 25.0. The number of benzene rings is 1. The number of carbonyl (C=O) groups is 10. The molecule has 4 N–H and O–H groups in total. The van der Waals surface area contributed by atoms with Crippen LogP contribution in [0.3, 0.4) is 0 Å². The molecule has 1 unspecified atom stereocenters. The van der Waals surface area contributed by atoms with E-state index in [1.807, 2.05) is 67.5 Å². The van der Waals surface area contributed by atoms with E-state index >= 15 is 0 Å². The molecule has 87 heavy (non-hydrogen) atoms. The minimum atomic E-state index is -0.880. The van der Waals surface area contributed by atoms with Gasteiger partial charge in [-0.05, 0) is 96.3 Å². The first-order valence-electron chi connectivity index (χ1n) is 30.5. The van der Waals surface area contributed by atoms with Crippen LogP contribution in [0.15, 0.2) is 23.6 Å². The molecule has 0 saturated carbocycles. The van der Waals surface area contributed by atoms with Crippen molar-refractivity contribution in [2.75, 3.05) is 78.9 Å². The summed E-state index contributed by atoms with van der Waals surface area (Å²) in [5.41, 5.74) is 0.172. The summed E-state index contributed by atoms with van der Waals surface area (Å²) >= 11 is 2.53. The molecule has 1 fully saturated rings. The maximum Gasteiger partial charge on any atom is 0.303 e. The van der Waals surface area contributed by atoms with Gasteiger partial charge in [-0.3, -0.25) is 57.7 Å². The van der Waals surface area contributed by atoms with E-state index < -0.39 is 59.3 Å². The first kappa shape index (κ1) is 75.6. The maximum absolute atomic E-state index is 14.4. The molecular formula is C63H99N7O15S2. The highest BCUT2D eigenvalue weighted by Crippen LogP contribution is 2.34. The number of phenols is 1. The fourth-order valence-electron chi connectivity index (χ4n) is 9.84. The van der Waals surface area contributed by atoms with Gasteiger partial charge in [0, 0.05) is 101 Å². The van der Waals surface area contributed by atoms with Gasteiger partial charge in [-0.25, -0.2) is 4.98 Å². The number of esters is 1. The lowest BCUT2D eigenvalue weighted by Crippen LogP contribution is -2.50. The van der Waals surface area contributed by atoms with E-state index in [1.165, 1.54) is 47.9 Å². The number of rotatable bonds is 43. The lowest BCUT2D eigenvalue weighted by atomic mass is 9.81. The van der Waals surface area contributed by atoms with Crippen molar-refractivity contribution in [1.29, 1.82) is 0 Å². The zero-order valence-electron chi connectivity index (χ0n) is 53.9. The third-order valence-electron chi connectivity index (χ3n) is 16.1. The normalized spacial score (nSPS) is 16.0. The SMILES string of the molecule is CCC[C@H](Cc1ccc(O)c(NC(=O)[C@H](C)CC(=O)[C@H](C)NC(=O)CCOCCOCCOCCCC(=O)CCCN2C(=O)CC(SC)C2=O)c1)NC(=O)c1csc([C@@H](C[C@H](C(C)C)N(C)C(=O)[C@@H](CC(=O)C(C)(C)N(C)C)[C@@H](C)CC)OC(C)=O)n1. The van der Waals surface area contributed by atoms with E-state index in [1.54, 1.807) is 42.6 Å². The van der Waals surface area contributed by atoms with Crippen LogP contribution in [-0.2, 0) is 68.5 Å². The number of imide groups is 1. The highest BCUT2D eigenvalue weighted by atomic mass is 32.2. The van der Waals surface area contributed by atoms with Crippen LogP contribution in [0, 0.1) is 23.7 Å². The summed E-state index contributed by atoms with van der Waals surface area (Å²) in [5.74, 6) is -4.53. The van der Waals surface area contributed by atoms with Gasteiger partial charge in [-0.1, -0.05) is 60.5 Å². The first-order chi connectivity index (χ1) is 41.1. The van der Waals surface area contributed by atoms with E-state index in [2.05, 4.69) is 20.9 Å². The van der Waals surface area contributed by atoms with Crippen molar-refractivity contribution in [2.45, 2.75) is 188 Å². The van der Waals surface area contributed by atoms with Gasteiger partial charge in [0.25, 0.3) is 5.91 Å². The van der Waals surface area contributed by atoms with Crippen molar-refractivity contribution in [3.8, 4) is 5.75 Å². The number of thioether (sulfide) groups is 1. The van der Waals surface area contributed by atoms with Gasteiger partial charge in [0.2, 0.25) is 29.5 Å². The number of anilines is 1. The molecular weight excluding hydrogens is 1160 g/mol. The second-order valence-electron chi connectivity index (χ2n) is 23.7. The Morgan fingerprint density at radius 1 is 0.874 bits per heavy atom. The highest BCUT2D eigenvalue weighted by Gasteiger charge is 2.40. The second-order valence-corrected chi connectivity index (χ2v) is 25.7. The molecule has 24 heteroatoms. The molecule has 0 aliphatic carbocycles. The Hall–Kier alpha value is -5.66. The van der Waals surface area contributed by atoms with Gasteiger partial charge in [0.15, 0.2) is 17.7 Å². The molecule has 1 aromatic carbocycles. The molecule has 3 rings (SSSR count). The number of phenolic OH excluding ortho intramolecular Hbond substituents is 1. The molecule has 22 nitrogen and oxygen atoms in total. The van der Waals surface area contributed by atoms with Gasteiger partial charge < -0.3 is 44.9 Å². The fraction of sp³-hybridized carbons (Fsp3) is 0.698. The Labute approximate surface area is 523 Å². The van der Waals surface area contributed by atoms with Crippen molar-refractivity contribution in [2.24, 2.45) is 23.7 Å². The van der Waals surface area contributed by atoms with Crippen LogP contribution in [0.25, 0.3) is 0 Å². The number of aromatic nitrogens is 1. The molecule has 0 bridgehead atoms. The summed E-state index contributed by atoms with van der Waals surface area (Å²) < 4.78 is 22.4. The van der Waals surface area contributed by atoms with E-state index in [4.69, 9.17) is 18.9 Å². The van der Waals surface area contributed by atoms with Gasteiger partial charge in [0.05, 0.1) is 55.6 Å². The summed E-state index contributed by atoms with van der Waals surface area (Å²) in [6, 6.07) is 3.06. The summed E-state index contributed by atoms with van der Waals surface area (Å²) in [4.78, 5) is 139. The highest BCUT2D eigenvalue weighted by molar-refractivity contribution is 8.00. The average Bonchev–Trinajstić information content (AvgIpc) is 2.69. The van der Waals surface area contributed by atoms with E-state index in [-0.39, 0.29) is 134 Å². The number of likely N-dealkylation sites (tertiary alicyclic amines) is 1. The van der Waals surface area contributed by atoms with Crippen molar-refractivity contribution in [1.82, 2.24) is 30.3 Å². The van der Waals surface area contributed by atoms with Crippen molar-refractivity contribution < 1.29 is 72.0 Å². The largest absolute Gasteiger partial charge is 0.506 e. The Morgan fingerprint density at radius 2 is 1.52 bits per heavy atom. The third-order valence-corrected chi connectivity index (χ3v) is 18.0. The van der Waals surface area contributed by atoms with Gasteiger partial charge in [-0.2, -0.15) is 11.8 Å². The zero-order valence-corrected chi connectivity index (χ0v) is 55.5. The summed E-state index contributed by atoms with van der Waals surface area (Å²) in [5, 5.41) is 20.9. The lowest BCUT2D eigenvalue weighted by Gasteiger charge is -2.38. The van der Waals surface area contributed by atoms with Crippen LogP contribution < -0.4 is 16.0 Å². The summed E-state index contributed by atoms with van der Waals surface area (Å²) in [7, 11) is 5.41. The number of amides is 6. The van der Waals surface area contributed by atoms with Crippen molar-refractivity contribution >= 4 is 87.5 Å². The molecule has 488 valence electrons. The molecule has 1 aliphatic rings. The quantitative estimate of drug-likeness (QED) is 0.0216. The number of ether oxygens (including phenoxy) is 4. The molecule has 6 amide bonds. The zero-order chi connectivity index (χ0) is 65.1. The first-order valence-corrected chi connectivity index (χ1v) is 32.7. The van der Waals surface area contributed by atoms with Gasteiger partial charge in [0.1, 0.15) is 22.2 Å². The Kier molecular flexibility index (Phi) is 33.0. The number of hydrogen-bond donors (Lipinski definition) is 4.